The van der Waals surface area contributed by atoms with Crippen LogP contribution in [0.3, 0.4) is 0 Å². The standard InChI is InChI=1S/C16H34N2O/c1-7-8-9-11-16(5,6)13-17-14(19)10-12-18-15(2,3)4/h18H,7-13H2,1-6H3,(H,17,19). The highest BCUT2D eigenvalue weighted by Gasteiger charge is 2.18. The van der Waals surface area contributed by atoms with Gasteiger partial charge < -0.3 is 10.6 Å². The Morgan fingerprint density at radius 3 is 2.21 bits per heavy atom. The molecule has 0 aliphatic rings. The number of hydrogen-bond acceptors (Lipinski definition) is 2. The van der Waals surface area contributed by atoms with E-state index >= 15 is 0 Å². The molecule has 0 fully saturated rings. The third-order valence-electron chi connectivity index (χ3n) is 3.23. The van der Waals surface area contributed by atoms with Crippen LogP contribution in [0.4, 0.5) is 0 Å². The molecule has 0 rings (SSSR count). The van der Waals surface area contributed by atoms with Crippen LogP contribution in [0.1, 0.15) is 73.6 Å². The zero-order valence-electron chi connectivity index (χ0n) is 13.9. The first kappa shape index (κ1) is 18.4. The second-order valence-electron chi connectivity index (χ2n) is 7.32. The summed E-state index contributed by atoms with van der Waals surface area (Å²) in [6.07, 6.45) is 5.53. The van der Waals surface area contributed by atoms with Gasteiger partial charge in [-0.1, -0.05) is 40.0 Å². The van der Waals surface area contributed by atoms with E-state index in [1.807, 2.05) is 0 Å². The molecule has 114 valence electrons. The molecule has 0 aliphatic carbocycles. The van der Waals surface area contributed by atoms with E-state index in [1.54, 1.807) is 0 Å². The zero-order valence-corrected chi connectivity index (χ0v) is 13.9. The lowest BCUT2D eigenvalue weighted by atomic mass is 9.87. The fourth-order valence-corrected chi connectivity index (χ4v) is 1.92. The van der Waals surface area contributed by atoms with Gasteiger partial charge >= 0.3 is 0 Å². The molecule has 0 atom stereocenters. The van der Waals surface area contributed by atoms with Gasteiger partial charge in [0.25, 0.3) is 0 Å². The number of rotatable bonds is 9. The second kappa shape index (κ2) is 8.57. The van der Waals surface area contributed by atoms with Crippen LogP contribution in [0.15, 0.2) is 0 Å². The Morgan fingerprint density at radius 2 is 1.68 bits per heavy atom. The van der Waals surface area contributed by atoms with Crippen LogP contribution in [0, 0.1) is 5.41 Å². The average molecular weight is 270 g/mol. The molecule has 0 aromatic rings. The Hall–Kier alpha value is -0.570. The van der Waals surface area contributed by atoms with E-state index in [1.165, 1.54) is 25.7 Å². The van der Waals surface area contributed by atoms with E-state index in [0.29, 0.717) is 6.42 Å². The predicted molar refractivity (Wildman–Crippen MR) is 83.3 cm³/mol. The van der Waals surface area contributed by atoms with Crippen LogP contribution in [0.25, 0.3) is 0 Å². The fourth-order valence-electron chi connectivity index (χ4n) is 1.92. The van der Waals surface area contributed by atoms with Gasteiger partial charge in [-0.25, -0.2) is 0 Å². The molecular weight excluding hydrogens is 236 g/mol. The summed E-state index contributed by atoms with van der Waals surface area (Å²) in [6, 6.07) is 0. The molecule has 0 heterocycles. The molecule has 0 saturated heterocycles. The van der Waals surface area contributed by atoms with Crippen LogP contribution >= 0.6 is 0 Å². The molecule has 0 radical (unpaired) electrons. The predicted octanol–water partition coefficient (Wildman–Crippen LogP) is 3.49. The molecule has 1 amide bonds. The average Bonchev–Trinajstić information content (AvgIpc) is 2.25. The van der Waals surface area contributed by atoms with Crippen molar-refractivity contribution >= 4 is 5.91 Å². The van der Waals surface area contributed by atoms with Crippen LogP contribution in [0.2, 0.25) is 0 Å². The summed E-state index contributed by atoms with van der Waals surface area (Å²) in [4.78, 5) is 11.8. The van der Waals surface area contributed by atoms with Crippen molar-refractivity contribution in [1.29, 1.82) is 0 Å². The van der Waals surface area contributed by atoms with Crippen molar-refractivity contribution < 1.29 is 4.79 Å². The third kappa shape index (κ3) is 12.2. The Morgan fingerprint density at radius 1 is 1.05 bits per heavy atom. The zero-order chi connectivity index (χ0) is 14.9. The summed E-state index contributed by atoms with van der Waals surface area (Å²) in [5.41, 5.74) is 0.294. The summed E-state index contributed by atoms with van der Waals surface area (Å²) in [5, 5.41) is 6.39. The first-order valence-corrected chi connectivity index (χ1v) is 7.68. The number of carbonyl (C=O) groups is 1. The number of carbonyl (C=O) groups excluding carboxylic acids is 1. The largest absolute Gasteiger partial charge is 0.356 e. The molecule has 0 aliphatic heterocycles. The highest BCUT2D eigenvalue weighted by Crippen LogP contribution is 2.22. The number of hydrogen-bond donors (Lipinski definition) is 2. The Balaban J connectivity index is 3.76. The topological polar surface area (TPSA) is 41.1 Å². The SMILES string of the molecule is CCCCCC(C)(C)CNC(=O)CCNC(C)(C)C. The van der Waals surface area contributed by atoms with Crippen LogP contribution < -0.4 is 10.6 Å². The van der Waals surface area contributed by atoms with Gasteiger partial charge in [0.05, 0.1) is 0 Å². The molecule has 0 bridgehead atoms. The number of nitrogens with one attached hydrogen (secondary N) is 2. The molecule has 3 nitrogen and oxygen atoms in total. The maximum Gasteiger partial charge on any atom is 0.221 e. The lowest BCUT2D eigenvalue weighted by molar-refractivity contribution is -0.121. The van der Waals surface area contributed by atoms with Crippen molar-refractivity contribution in [3.63, 3.8) is 0 Å². The molecule has 2 N–H and O–H groups in total. The fraction of sp³-hybridized carbons (Fsp3) is 0.938. The summed E-state index contributed by atoms with van der Waals surface area (Å²) in [6.45, 7) is 14.5. The number of unbranched alkanes of at least 4 members (excludes halogenated alkanes) is 2. The maximum atomic E-state index is 11.8. The second-order valence-corrected chi connectivity index (χ2v) is 7.32. The van der Waals surface area contributed by atoms with Crippen molar-refractivity contribution in [2.24, 2.45) is 5.41 Å². The van der Waals surface area contributed by atoms with Gasteiger partial charge in [-0.15, -0.1) is 0 Å². The third-order valence-corrected chi connectivity index (χ3v) is 3.23. The van der Waals surface area contributed by atoms with E-state index in [0.717, 1.165) is 13.1 Å². The van der Waals surface area contributed by atoms with Crippen molar-refractivity contribution in [3.05, 3.63) is 0 Å². The normalized spacial score (nSPS) is 12.5. The highest BCUT2D eigenvalue weighted by atomic mass is 16.1. The van der Waals surface area contributed by atoms with Crippen LogP contribution in [0.5, 0.6) is 0 Å². The first-order chi connectivity index (χ1) is 8.66. The van der Waals surface area contributed by atoms with E-state index in [-0.39, 0.29) is 16.9 Å². The van der Waals surface area contributed by atoms with Gasteiger partial charge in [-0.3, -0.25) is 4.79 Å². The lowest BCUT2D eigenvalue weighted by Gasteiger charge is -2.25. The quantitative estimate of drug-likeness (QED) is 0.630. The smallest absolute Gasteiger partial charge is 0.221 e. The van der Waals surface area contributed by atoms with Crippen molar-refractivity contribution in [2.45, 2.75) is 79.2 Å². The van der Waals surface area contributed by atoms with Gasteiger partial charge in [0.1, 0.15) is 0 Å². The summed E-state index contributed by atoms with van der Waals surface area (Å²) in [5.74, 6) is 0.153. The summed E-state index contributed by atoms with van der Waals surface area (Å²) >= 11 is 0. The summed E-state index contributed by atoms with van der Waals surface area (Å²) in [7, 11) is 0. The molecule has 0 saturated carbocycles. The molecule has 0 unspecified atom stereocenters. The maximum absolute atomic E-state index is 11.8. The minimum absolute atomic E-state index is 0.0830. The Kier molecular flexibility index (Phi) is 8.31. The van der Waals surface area contributed by atoms with Gasteiger partial charge in [0.2, 0.25) is 5.91 Å². The Bertz CT molecular complexity index is 254. The van der Waals surface area contributed by atoms with Gasteiger partial charge in [0, 0.05) is 25.0 Å². The summed E-state index contributed by atoms with van der Waals surface area (Å²) < 4.78 is 0. The van der Waals surface area contributed by atoms with Gasteiger partial charge in [-0.05, 0) is 32.6 Å². The molecule has 0 aromatic carbocycles. The monoisotopic (exact) mass is 270 g/mol. The van der Waals surface area contributed by atoms with Crippen molar-refractivity contribution in [3.8, 4) is 0 Å². The minimum atomic E-state index is 0.0830. The Labute approximate surface area is 119 Å². The lowest BCUT2D eigenvalue weighted by Crippen LogP contribution is -2.40. The van der Waals surface area contributed by atoms with Crippen molar-refractivity contribution in [2.75, 3.05) is 13.1 Å². The molecule has 0 spiro atoms. The molecule has 0 aromatic heterocycles. The van der Waals surface area contributed by atoms with Gasteiger partial charge in [-0.2, -0.15) is 0 Å². The highest BCUT2D eigenvalue weighted by molar-refractivity contribution is 5.76. The molecular formula is C16H34N2O. The number of amides is 1. The van der Waals surface area contributed by atoms with E-state index in [9.17, 15) is 4.79 Å². The van der Waals surface area contributed by atoms with E-state index < -0.39 is 0 Å². The van der Waals surface area contributed by atoms with Crippen LogP contribution in [-0.4, -0.2) is 24.5 Å². The molecule has 3 heteroatoms. The minimum Gasteiger partial charge on any atom is -0.356 e. The van der Waals surface area contributed by atoms with E-state index in [2.05, 4.69) is 52.2 Å². The van der Waals surface area contributed by atoms with Gasteiger partial charge in [0.15, 0.2) is 0 Å². The molecule has 19 heavy (non-hydrogen) atoms. The van der Waals surface area contributed by atoms with Crippen molar-refractivity contribution in [1.82, 2.24) is 10.6 Å². The van der Waals surface area contributed by atoms with E-state index in [4.69, 9.17) is 0 Å². The van der Waals surface area contributed by atoms with Crippen LogP contribution in [-0.2, 0) is 4.79 Å². The first-order valence-electron chi connectivity index (χ1n) is 7.68.